The molecule has 4 nitrogen and oxygen atoms in total. The van der Waals surface area contributed by atoms with Crippen molar-refractivity contribution >= 4 is 5.97 Å². The largest absolute Gasteiger partial charge is 0.480 e. The molecule has 0 saturated heterocycles. The molecule has 82 valence electrons. The van der Waals surface area contributed by atoms with Crippen LogP contribution in [-0.4, -0.2) is 41.1 Å². The van der Waals surface area contributed by atoms with Gasteiger partial charge in [-0.25, -0.2) is 0 Å². The van der Waals surface area contributed by atoms with Crippen LogP contribution in [0.5, 0.6) is 0 Å². The quantitative estimate of drug-likeness (QED) is 0.633. The van der Waals surface area contributed by atoms with Crippen LogP contribution in [0.4, 0.5) is 0 Å². The van der Waals surface area contributed by atoms with Crippen molar-refractivity contribution in [1.82, 2.24) is 4.90 Å². The highest BCUT2D eigenvalue weighted by Crippen LogP contribution is 2.28. The number of carboxylic acids is 1. The van der Waals surface area contributed by atoms with E-state index in [-0.39, 0.29) is 6.54 Å². The minimum absolute atomic E-state index is 0.218. The van der Waals surface area contributed by atoms with Crippen molar-refractivity contribution in [1.29, 1.82) is 0 Å². The van der Waals surface area contributed by atoms with Gasteiger partial charge in [0.25, 0.3) is 0 Å². The van der Waals surface area contributed by atoms with Crippen LogP contribution in [0, 0.1) is 0 Å². The SMILES string of the molecule is CCCCN(C1CC1)C(CN)C(=O)O. The van der Waals surface area contributed by atoms with Crippen LogP contribution in [-0.2, 0) is 4.79 Å². The first kappa shape index (κ1) is 11.5. The molecule has 4 heteroatoms. The Labute approximate surface area is 85.1 Å². The maximum absolute atomic E-state index is 10.9. The van der Waals surface area contributed by atoms with E-state index >= 15 is 0 Å². The normalized spacial score (nSPS) is 18.5. The Morgan fingerprint density at radius 1 is 1.64 bits per heavy atom. The lowest BCUT2D eigenvalue weighted by Gasteiger charge is -2.27. The highest BCUT2D eigenvalue weighted by atomic mass is 16.4. The van der Waals surface area contributed by atoms with Crippen molar-refractivity contribution in [3.8, 4) is 0 Å². The van der Waals surface area contributed by atoms with Crippen LogP contribution in [0.25, 0.3) is 0 Å². The van der Waals surface area contributed by atoms with E-state index in [0.29, 0.717) is 6.04 Å². The van der Waals surface area contributed by atoms with Gasteiger partial charge in [0.05, 0.1) is 0 Å². The second-order valence-corrected chi connectivity index (χ2v) is 3.91. The van der Waals surface area contributed by atoms with Crippen molar-refractivity contribution in [3.63, 3.8) is 0 Å². The standard InChI is InChI=1S/C10H20N2O2/c1-2-3-6-12(8-4-5-8)9(7-11)10(13)14/h8-9H,2-7,11H2,1H3,(H,13,14). The van der Waals surface area contributed by atoms with Crippen molar-refractivity contribution < 1.29 is 9.90 Å². The zero-order valence-corrected chi connectivity index (χ0v) is 8.78. The smallest absolute Gasteiger partial charge is 0.322 e. The summed E-state index contributed by atoms with van der Waals surface area (Å²) < 4.78 is 0. The molecule has 1 aliphatic rings. The van der Waals surface area contributed by atoms with Gasteiger partial charge in [-0.3, -0.25) is 9.69 Å². The fourth-order valence-electron chi connectivity index (χ4n) is 1.72. The van der Waals surface area contributed by atoms with E-state index in [1.807, 2.05) is 0 Å². The Morgan fingerprint density at radius 3 is 2.64 bits per heavy atom. The molecule has 1 rings (SSSR count). The molecule has 0 heterocycles. The van der Waals surface area contributed by atoms with Crippen LogP contribution in [0.3, 0.4) is 0 Å². The van der Waals surface area contributed by atoms with E-state index in [1.54, 1.807) is 0 Å². The third-order valence-electron chi connectivity index (χ3n) is 2.69. The van der Waals surface area contributed by atoms with Crippen molar-refractivity contribution in [3.05, 3.63) is 0 Å². The third kappa shape index (κ3) is 2.96. The summed E-state index contributed by atoms with van der Waals surface area (Å²) in [6.07, 6.45) is 4.42. The first-order chi connectivity index (χ1) is 6.70. The van der Waals surface area contributed by atoms with Crippen LogP contribution in [0.15, 0.2) is 0 Å². The van der Waals surface area contributed by atoms with Gasteiger partial charge in [0.2, 0.25) is 0 Å². The van der Waals surface area contributed by atoms with Gasteiger partial charge in [-0.05, 0) is 25.8 Å². The van der Waals surface area contributed by atoms with E-state index in [4.69, 9.17) is 10.8 Å². The predicted octanol–water partition coefficient (Wildman–Crippen LogP) is 0.663. The summed E-state index contributed by atoms with van der Waals surface area (Å²) in [6.45, 7) is 3.20. The lowest BCUT2D eigenvalue weighted by atomic mass is 10.2. The monoisotopic (exact) mass is 200 g/mol. The summed E-state index contributed by atoms with van der Waals surface area (Å²) >= 11 is 0. The van der Waals surface area contributed by atoms with E-state index in [2.05, 4.69) is 11.8 Å². The van der Waals surface area contributed by atoms with Gasteiger partial charge >= 0.3 is 5.97 Å². The number of carbonyl (C=O) groups is 1. The average molecular weight is 200 g/mol. The molecule has 3 N–H and O–H groups in total. The molecule has 1 fully saturated rings. The molecule has 1 unspecified atom stereocenters. The highest BCUT2D eigenvalue weighted by Gasteiger charge is 2.35. The topological polar surface area (TPSA) is 66.6 Å². The zero-order chi connectivity index (χ0) is 10.6. The number of unbranched alkanes of at least 4 members (excludes halogenated alkanes) is 1. The van der Waals surface area contributed by atoms with Gasteiger partial charge in [-0.2, -0.15) is 0 Å². The summed E-state index contributed by atoms with van der Waals surface area (Å²) in [4.78, 5) is 13.0. The number of nitrogens with two attached hydrogens (primary N) is 1. The fourth-order valence-corrected chi connectivity index (χ4v) is 1.72. The number of hydrogen-bond donors (Lipinski definition) is 2. The van der Waals surface area contributed by atoms with Crippen molar-refractivity contribution in [2.24, 2.45) is 5.73 Å². The third-order valence-corrected chi connectivity index (χ3v) is 2.69. The molecule has 0 amide bonds. The minimum Gasteiger partial charge on any atom is -0.480 e. The summed E-state index contributed by atoms with van der Waals surface area (Å²) in [5, 5.41) is 9.00. The van der Waals surface area contributed by atoms with E-state index in [1.165, 1.54) is 0 Å². The number of aliphatic carboxylic acids is 1. The van der Waals surface area contributed by atoms with Crippen LogP contribution >= 0.6 is 0 Å². The second-order valence-electron chi connectivity index (χ2n) is 3.91. The lowest BCUT2D eigenvalue weighted by Crippen LogP contribution is -2.47. The summed E-state index contributed by atoms with van der Waals surface area (Å²) in [5.41, 5.74) is 5.49. The van der Waals surface area contributed by atoms with Crippen molar-refractivity contribution in [2.75, 3.05) is 13.1 Å². The Morgan fingerprint density at radius 2 is 2.29 bits per heavy atom. The molecule has 0 spiro atoms. The Hall–Kier alpha value is -0.610. The van der Waals surface area contributed by atoms with Gasteiger partial charge < -0.3 is 10.8 Å². The summed E-state index contributed by atoms with van der Waals surface area (Å²) in [7, 11) is 0. The van der Waals surface area contributed by atoms with Crippen LogP contribution in [0.2, 0.25) is 0 Å². The Bertz CT molecular complexity index is 193. The number of rotatable bonds is 7. The first-order valence-corrected chi connectivity index (χ1v) is 5.39. The van der Waals surface area contributed by atoms with Crippen molar-refractivity contribution in [2.45, 2.75) is 44.7 Å². The molecule has 1 atom stereocenters. The average Bonchev–Trinajstić information content (AvgIpc) is 2.94. The molecule has 0 aromatic heterocycles. The molecule has 0 aromatic rings. The number of hydrogen-bond acceptors (Lipinski definition) is 3. The van der Waals surface area contributed by atoms with E-state index in [9.17, 15) is 4.79 Å². The molecule has 0 aromatic carbocycles. The minimum atomic E-state index is -0.782. The molecule has 14 heavy (non-hydrogen) atoms. The fraction of sp³-hybridized carbons (Fsp3) is 0.900. The van der Waals surface area contributed by atoms with E-state index < -0.39 is 12.0 Å². The number of nitrogens with zero attached hydrogens (tertiary/aromatic N) is 1. The van der Waals surface area contributed by atoms with E-state index in [0.717, 1.165) is 32.2 Å². The molecular weight excluding hydrogens is 180 g/mol. The Balaban J connectivity index is 2.50. The maximum Gasteiger partial charge on any atom is 0.322 e. The van der Waals surface area contributed by atoms with Gasteiger partial charge in [-0.1, -0.05) is 13.3 Å². The second kappa shape index (κ2) is 5.32. The highest BCUT2D eigenvalue weighted by molar-refractivity contribution is 5.73. The molecular formula is C10H20N2O2. The number of carboxylic acid groups (broad SMARTS) is 1. The zero-order valence-electron chi connectivity index (χ0n) is 8.78. The molecule has 1 saturated carbocycles. The van der Waals surface area contributed by atoms with Gasteiger partial charge in [-0.15, -0.1) is 0 Å². The summed E-state index contributed by atoms with van der Waals surface area (Å²) in [5.74, 6) is -0.782. The van der Waals surface area contributed by atoms with Gasteiger partial charge in [0.1, 0.15) is 6.04 Å². The van der Waals surface area contributed by atoms with Crippen LogP contribution < -0.4 is 5.73 Å². The molecule has 0 bridgehead atoms. The maximum atomic E-state index is 10.9. The lowest BCUT2D eigenvalue weighted by molar-refractivity contribution is -0.143. The first-order valence-electron chi connectivity index (χ1n) is 5.39. The molecule has 1 aliphatic carbocycles. The van der Waals surface area contributed by atoms with Gasteiger partial charge in [0.15, 0.2) is 0 Å². The van der Waals surface area contributed by atoms with Crippen LogP contribution in [0.1, 0.15) is 32.6 Å². The summed E-state index contributed by atoms with van der Waals surface area (Å²) in [6, 6.07) is 0.000231. The molecule has 0 radical (unpaired) electrons. The predicted molar refractivity (Wildman–Crippen MR) is 55.1 cm³/mol. The Kier molecular flexibility index (Phi) is 4.35. The molecule has 0 aliphatic heterocycles. The van der Waals surface area contributed by atoms with Gasteiger partial charge in [0, 0.05) is 12.6 Å².